The highest BCUT2D eigenvalue weighted by Gasteiger charge is 2.45. The third-order valence-corrected chi connectivity index (χ3v) is 2.43. The SMILES string of the molecule is CC(C)(C)OC(=O)N1[C@@H](C=C(F)F)COC1(C)C. The molecule has 1 rings (SSSR count). The minimum Gasteiger partial charge on any atom is -0.444 e. The Hall–Kier alpha value is -1.17. The van der Waals surface area contributed by atoms with Crippen LogP contribution in [0.4, 0.5) is 13.6 Å². The molecular formula is C12H19F2NO3. The summed E-state index contributed by atoms with van der Waals surface area (Å²) in [5.41, 5.74) is -1.64. The standard InChI is InChI=1S/C12H19F2NO3/c1-11(2,3)18-10(16)15-8(6-9(13)14)7-17-12(15,4)5/h6,8H,7H2,1-5H3/t8-/m0/s1. The topological polar surface area (TPSA) is 38.8 Å². The summed E-state index contributed by atoms with van der Waals surface area (Å²) < 4.78 is 35.2. The molecule has 0 radical (unpaired) electrons. The highest BCUT2D eigenvalue weighted by Crippen LogP contribution is 2.30. The van der Waals surface area contributed by atoms with Crippen molar-refractivity contribution in [1.29, 1.82) is 0 Å². The quantitative estimate of drug-likeness (QED) is 0.729. The number of carbonyl (C=O) groups excluding carboxylic acids is 1. The molecule has 104 valence electrons. The van der Waals surface area contributed by atoms with Gasteiger partial charge in [-0.3, -0.25) is 4.90 Å². The summed E-state index contributed by atoms with van der Waals surface area (Å²) in [6, 6.07) is -0.806. The Morgan fingerprint density at radius 2 is 2.00 bits per heavy atom. The first-order valence-corrected chi connectivity index (χ1v) is 5.72. The Morgan fingerprint density at radius 1 is 1.44 bits per heavy atom. The lowest BCUT2D eigenvalue weighted by molar-refractivity contribution is -0.0611. The number of hydrogen-bond acceptors (Lipinski definition) is 3. The van der Waals surface area contributed by atoms with Crippen molar-refractivity contribution in [3.05, 3.63) is 12.2 Å². The minimum absolute atomic E-state index is 0.0313. The van der Waals surface area contributed by atoms with Crippen LogP contribution < -0.4 is 0 Å². The monoisotopic (exact) mass is 263 g/mol. The number of hydrogen-bond donors (Lipinski definition) is 0. The zero-order valence-electron chi connectivity index (χ0n) is 11.3. The van der Waals surface area contributed by atoms with Crippen LogP contribution in [0.25, 0.3) is 0 Å². The lowest BCUT2D eigenvalue weighted by atomic mass is 10.2. The maximum absolute atomic E-state index is 12.3. The molecule has 0 aromatic carbocycles. The van der Waals surface area contributed by atoms with E-state index in [1.165, 1.54) is 4.90 Å². The van der Waals surface area contributed by atoms with Crippen molar-refractivity contribution in [1.82, 2.24) is 4.90 Å². The normalized spacial score (nSPS) is 22.8. The second-order valence-corrected chi connectivity index (χ2v) is 5.63. The third-order valence-electron chi connectivity index (χ3n) is 2.43. The van der Waals surface area contributed by atoms with E-state index in [4.69, 9.17) is 9.47 Å². The van der Waals surface area contributed by atoms with Crippen LogP contribution in [-0.4, -0.2) is 35.0 Å². The lowest BCUT2D eigenvalue weighted by Gasteiger charge is -2.34. The first-order valence-electron chi connectivity index (χ1n) is 5.72. The van der Waals surface area contributed by atoms with Gasteiger partial charge < -0.3 is 9.47 Å². The molecule has 1 aliphatic rings. The predicted octanol–water partition coefficient (Wildman–Crippen LogP) is 3.14. The van der Waals surface area contributed by atoms with Crippen LogP contribution in [0.15, 0.2) is 12.2 Å². The van der Waals surface area contributed by atoms with Gasteiger partial charge >= 0.3 is 6.09 Å². The first kappa shape index (κ1) is 14.9. The molecule has 4 nitrogen and oxygen atoms in total. The van der Waals surface area contributed by atoms with Gasteiger partial charge in [-0.25, -0.2) is 4.79 Å². The van der Waals surface area contributed by atoms with Crippen LogP contribution in [0.2, 0.25) is 0 Å². The van der Waals surface area contributed by atoms with Crippen LogP contribution in [0.3, 0.4) is 0 Å². The summed E-state index contributed by atoms with van der Waals surface area (Å²) in [7, 11) is 0. The first-order chi connectivity index (χ1) is 8.03. The second kappa shape index (κ2) is 4.84. The van der Waals surface area contributed by atoms with E-state index in [0.717, 1.165) is 0 Å². The molecule has 1 saturated heterocycles. The summed E-state index contributed by atoms with van der Waals surface area (Å²) in [5, 5.41) is 0. The Kier molecular flexibility index (Phi) is 4.00. The molecule has 1 heterocycles. The number of amides is 1. The number of carbonyl (C=O) groups is 1. The van der Waals surface area contributed by atoms with Gasteiger partial charge in [0.1, 0.15) is 11.3 Å². The number of halogens is 2. The van der Waals surface area contributed by atoms with Gasteiger partial charge in [0.05, 0.1) is 12.6 Å². The van der Waals surface area contributed by atoms with E-state index >= 15 is 0 Å². The summed E-state index contributed by atoms with van der Waals surface area (Å²) in [6.45, 7) is 8.46. The van der Waals surface area contributed by atoms with Gasteiger partial charge in [-0.15, -0.1) is 0 Å². The molecule has 0 unspecified atom stereocenters. The zero-order chi connectivity index (χ0) is 14.1. The lowest BCUT2D eigenvalue weighted by Crippen LogP contribution is -2.49. The molecule has 1 aliphatic heterocycles. The number of ether oxygens (including phenoxy) is 2. The van der Waals surface area contributed by atoms with Crippen molar-refractivity contribution in [2.24, 2.45) is 0 Å². The molecule has 1 atom stereocenters. The van der Waals surface area contributed by atoms with Gasteiger partial charge in [0, 0.05) is 6.08 Å². The van der Waals surface area contributed by atoms with Crippen LogP contribution in [0.1, 0.15) is 34.6 Å². The average Bonchev–Trinajstić information content (AvgIpc) is 2.36. The highest BCUT2D eigenvalue weighted by molar-refractivity contribution is 5.70. The van der Waals surface area contributed by atoms with Crippen molar-refractivity contribution in [2.75, 3.05) is 6.61 Å². The summed E-state index contributed by atoms with van der Waals surface area (Å²) >= 11 is 0. The highest BCUT2D eigenvalue weighted by atomic mass is 19.3. The van der Waals surface area contributed by atoms with E-state index < -0.39 is 29.5 Å². The average molecular weight is 263 g/mol. The molecule has 0 aliphatic carbocycles. The molecule has 0 aromatic heterocycles. The molecule has 0 bridgehead atoms. The van der Waals surface area contributed by atoms with E-state index in [-0.39, 0.29) is 6.61 Å². The maximum Gasteiger partial charge on any atom is 0.413 e. The summed E-state index contributed by atoms with van der Waals surface area (Å²) in [6.07, 6.45) is -1.79. The molecule has 0 spiro atoms. The van der Waals surface area contributed by atoms with Crippen molar-refractivity contribution < 1.29 is 23.0 Å². The van der Waals surface area contributed by atoms with Crippen molar-refractivity contribution >= 4 is 6.09 Å². The van der Waals surface area contributed by atoms with Gasteiger partial charge in [-0.05, 0) is 34.6 Å². The smallest absolute Gasteiger partial charge is 0.413 e. The zero-order valence-corrected chi connectivity index (χ0v) is 11.3. The van der Waals surface area contributed by atoms with Crippen molar-refractivity contribution in [3.8, 4) is 0 Å². The Morgan fingerprint density at radius 3 is 2.44 bits per heavy atom. The largest absolute Gasteiger partial charge is 0.444 e. The third kappa shape index (κ3) is 3.66. The predicted molar refractivity (Wildman–Crippen MR) is 62.2 cm³/mol. The molecular weight excluding hydrogens is 244 g/mol. The maximum atomic E-state index is 12.3. The Balaban J connectivity index is 2.92. The molecule has 0 saturated carbocycles. The molecule has 1 fully saturated rings. The Bertz CT molecular complexity index is 357. The van der Waals surface area contributed by atoms with E-state index in [9.17, 15) is 13.6 Å². The second-order valence-electron chi connectivity index (χ2n) is 5.63. The minimum atomic E-state index is -1.84. The van der Waals surface area contributed by atoms with E-state index in [1.54, 1.807) is 34.6 Å². The molecule has 0 N–H and O–H groups in total. The van der Waals surface area contributed by atoms with Gasteiger partial charge in [0.15, 0.2) is 0 Å². The van der Waals surface area contributed by atoms with Crippen molar-refractivity contribution in [2.45, 2.75) is 52.0 Å². The van der Waals surface area contributed by atoms with Gasteiger partial charge in [-0.1, -0.05) is 0 Å². The fraction of sp³-hybridized carbons (Fsp3) is 0.750. The summed E-state index contributed by atoms with van der Waals surface area (Å²) in [4.78, 5) is 13.2. The van der Waals surface area contributed by atoms with E-state index in [0.29, 0.717) is 6.08 Å². The fourth-order valence-corrected chi connectivity index (χ4v) is 1.77. The van der Waals surface area contributed by atoms with Gasteiger partial charge in [0.25, 0.3) is 6.08 Å². The van der Waals surface area contributed by atoms with E-state index in [2.05, 4.69) is 0 Å². The van der Waals surface area contributed by atoms with Crippen molar-refractivity contribution in [3.63, 3.8) is 0 Å². The van der Waals surface area contributed by atoms with Crippen LogP contribution in [-0.2, 0) is 9.47 Å². The molecule has 0 aromatic rings. The Labute approximate surface area is 106 Å². The van der Waals surface area contributed by atoms with Crippen LogP contribution >= 0.6 is 0 Å². The number of rotatable bonds is 1. The molecule has 18 heavy (non-hydrogen) atoms. The fourth-order valence-electron chi connectivity index (χ4n) is 1.77. The van der Waals surface area contributed by atoms with Gasteiger partial charge in [-0.2, -0.15) is 8.78 Å². The van der Waals surface area contributed by atoms with E-state index in [1.807, 2.05) is 0 Å². The van der Waals surface area contributed by atoms with Crippen LogP contribution in [0.5, 0.6) is 0 Å². The molecule has 6 heteroatoms. The van der Waals surface area contributed by atoms with Gasteiger partial charge in [0.2, 0.25) is 0 Å². The van der Waals surface area contributed by atoms with Crippen LogP contribution in [0, 0.1) is 0 Å². The molecule has 1 amide bonds. The number of nitrogens with zero attached hydrogens (tertiary/aromatic N) is 1. The summed E-state index contributed by atoms with van der Waals surface area (Å²) in [5.74, 6) is 0.